The lowest BCUT2D eigenvalue weighted by atomic mass is 9.40. The van der Waals surface area contributed by atoms with Gasteiger partial charge < -0.3 is 33.2 Å². The first kappa shape index (κ1) is 33.2. The third-order valence-electron chi connectivity index (χ3n) is 11.4. The Balaban J connectivity index is 1.74. The molecule has 2 bridgehead atoms. The Morgan fingerprint density at radius 3 is 2.40 bits per heavy atom. The predicted octanol–water partition coefficient (Wildman–Crippen LogP) is 4.46. The average Bonchev–Trinajstić information content (AvgIpc) is 3.48. The van der Waals surface area contributed by atoms with Crippen molar-refractivity contribution in [2.45, 2.75) is 110 Å². The van der Waals surface area contributed by atoms with Crippen molar-refractivity contribution < 1.29 is 52.4 Å². The number of carbonyl (C=O) groups is 4. The molecule has 11 nitrogen and oxygen atoms in total. The van der Waals surface area contributed by atoms with Crippen LogP contribution in [0.4, 0.5) is 0 Å². The highest BCUT2D eigenvalue weighted by Gasteiger charge is 2.79. The summed E-state index contributed by atoms with van der Waals surface area (Å²) in [5.74, 6) is -3.41. The van der Waals surface area contributed by atoms with E-state index in [1.165, 1.54) is 26.6 Å². The first-order valence-corrected chi connectivity index (χ1v) is 15.7. The highest BCUT2D eigenvalue weighted by molar-refractivity contribution is 5.83. The lowest BCUT2D eigenvalue weighted by Crippen LogP contribution is -2.80. The molecular formula is C34H46O11. The molecule has 0 radical (unpaired) electrons. The minimum absolute atomic E-state index is 0.00445. The zero-order chi connectivity index (χ0) is 33.3. The van der Waals surface area contributed by atoms with E-state index in [9.17, 15) is 24.3 Å². The Labute approximate surface area is 263 Å². The van der Waals surface area contributed by atoms with Crippen LogP contribution in [0, 0.1) is 34.0 Å². The van der Waals surface area contributed by atoms with Crippen LogP contribution in [0.5, 0.6) is 0 Å². The molecular weight excluding hydrogens is 584 g/mol. The molecule has 2 saturated heterocycles. The number of hydrogen-bond donors (Lipinski definition) is 1. The largest absolute Gasteiger partial charge is 0.472 e. The van der Waals surface area contributed by atoms with Crippen LogP contribution in [0.2, 0.25) is 0 Å². The monoisotopic (exact) mass is 630 g/mol. The van der Waals surface area contributed by atoms with Crippen molar-refractivity contribution in [3.8, 4) is 0 Å². The van der Waals surface area contributed by atoms with Gasteiger partial charge in [0.25, 0.3) is 0 Å². The summed E-state index contributed by atoms with van der Waals surface area (Å²) >= 11 is 0. The fourth-order valence-electron chi connectivity index (χ4n) is 9.19. The van der Waals surface area contributed by atoms with Gasteiger partial charge in [-0.15, -0.1) is 0 Å². The molecule has 4 aliphatic rings. The number of esters is 4. The van der Waals surface area contributed by atoms with Gasteiger partial charge in [0.2, 0.25) is 6.10 Å². The molecule has 11 heteroatoms. The van der Waals surface area contributed by atoms with E-state index in [0.29, 0.717) is 24.0 Å². The van der Waals surface area contributed by atoms with Gasteiger partial charge in [0.15, 0.2) is 6.10 Å². The summed E-state index contributed by atoms with van der Waals surface area (Å²) in [4.78, 5) is 52.6. The molecule has 45 heavy (non-hydrogen) atoms. The Hall–Kier alpha value is -3.18. The third-order valence-corrected chi connectivity index (χ3v) is 11.4. The molecule has 0 aromatic carbocycles. The van der Waals surface area contributed by atoms with Crippen molar-refractivity contribution in [1.82, 2.24) is 0 Å². The first-order valence-electron chi connectivity index (χ1n) is 15.7. The molecule has 2 aliphatic heterocycles. The molecule has 1 spiro atoms. The zero-order valence-corrected chi connectivity index (χ0v) is 27.4. The van der Waals surface area contributed by atoms with Crippen molar-refractivity contribution >= 4 is 23.9 Å². The van der Waals surface area contributed by atoms with Gasteiger partial charge in [-0.1, -0.05) is 48.1 Å². The quantitative estimate of drug-likeness (QED) is 0.259. The summed E-state index contributed by atoms with van der Waals surface area (Å²) in [5, 5.41) is 12.0. The van der Waals surface area contributed by atoms with Gasteiger partial charge >= 0.3 is 23.9 Å². The Kier molecular flexibility index (Phi) is 8.30. The molecule has 2 aliphatic carbocycles. The van der Waals surface area contributed by atoms with Crippen LogP contribution in [0.3, 0.4) is 0 Å². The molecule has 0 amide bonds. The molecule has 1 N–H and O–H groups in total. The standard InChI is InChI=1S/C34H46O11/c1-17(2)14-24(37)43-25-26(38)31(5,6)22(15-23(36)40-9)33(8)21-10-12-32(7)27(20-11-13-41-16-20)44-30(39)29(42-19(4)35)34(32,18(21)3)45-28(25)33/h11,13,16-17,21-22,25-29,38H,3,10,12,14-15H2,1-2,4-9H3/t21-,22+,25-,26+,27-,28-,29+,32-,33-,34+/m0/s1. The van der Waals surface area contributed by atoms with Gasteiger partial charge in [-0.25, -0.2) is 4.79 Å². The number of furan rings is 1. The zero-order valence-electron chi connectivity index (χ0n) is 27.4. The molecule has 0 unspecified atom stereocenters. The van der Waals surface area contributed by atoms with E-state index in [4.69, 9.17) is 28.1 Å². The molecule has 4 fully saturated rings. The van der Waals surface area contributed by atoms with E-state index in [2.05, 4.69) is 6.58 Å². The second kappa shape index (κ2) is 11.3. The van der Waals surface area contributed by atoms with Crippen LogP contribution >= 0.6 is 0 Å². The number of methoxy groups -OCH3 is 1. The van der Waals surface area contributed by atoms with Crippen LogP contribution in [-0.4, -0.2) is 66.1 Å². The van der Waals surface area contributed by atoms with Crippen molar-refractivity contribution in [2.75, 3.05) is 7.11 Å². The predicted molar refractivity (Wildman–Crippen MR) is 158 cm³/mol. The van der Waals surface area contributed by atoms with Gasteiger partial charge in [-0.3, -0.25) is 14.4 Å². The summed E-state index contributed by atoms with van der Waals surface area (Å²) in [5.41, 5.74) is -3.41. The fraction of sp³-hybridized carbons (Fsp3) is 0.706. The van der Waals surface area contributed by atoms with E-state index in [0.717, 1.165) is 0 Å². The summed E-state index contributed by atoms with van der Waals surface area (Å²) in [7, 11) is 1.32. The number of cyclic esters (lactones) is 1. The molecule has 10 atom stereocenters. The van der Waals surface area contributed by atoms with Gasteiger partial charge in [-0.05, 0) is 47.6 Å². The number of aliphatic hydroxyl groups excluding tert-OH is 1. The van der Waals surface area contributed by atoms with Crippen molar-refractivity contribution in [2.24, 2.45) is 34.0 Å². The first-order chi connectivity index (χ1) is 21.0. The van der Waals surface area contributed by atoms with Crippen molar-refractivity contribution in [3.05, 3.63) is 36.3 Å². The molecule has 5 rings (SSSR count). The van der Waals surface area contributed by atoms with Crippen LogP contribution in [0.15, 0.2) is 35.2 Å². The van der Waals surface area contributed by atoms with Gasteiger partial charge in [0, 0.05) is 36.2 Å². The van der Waals surface area contributed by atoms with E-state index >= 15 is 0 Å². The van der Waals surface area contributed by atoms with Crippen LogP contribution < -0.4 is 0 Å². The van der Waals surface area contributed by atoms with E-state index < -0.39 is 88.1 Å². The summed E-state index contributed by atoms with van der Waals surface area (Å²) in [6, 6.07) is 1.71. The molecule has 248 valence electrons. The second-order valence-corrected chi connectivity index (χ2v) is 14.7. The highest BCUT2D eigenvalue weighted by Crippen LogP contribution is 2.72. The van der Waals surface area contributed by atoms with Crippen LogP contribution in [0.25, 0.3) is 0 Å². The summed E-state index contributed by atoms with van der Waals surface area (Å²) in [6.07, 6.45) is -1.78. The Bertz CT molecular complexity index is 1360. The maximum atomic E-state index is 13.9. The molecule has 2 saturated carbocycles. The van der Waals surface area contributed by atoms with E-state index in [-0.39, 0.29) is 18.8 Å². The van der Waals surface area contributed by atoms with Gasteiger partial charge in [-0.2, -0.15) is 0 Å². The van der Waals surface area contributed by atoms with Crippen molar-refractivity contribution in [1.29, 1.82) is 0 Å². The number of aliphatic hydroxyl groups is 1. The second-order valence-electron chi connectivity index (χ2n) is 14.7. The number of fused-ring (bicyclic) bond motifs is 3. The maximum absolute atomic E-state index is 13.9. The van der Waals surface area contributed by atoms with Gasteiger partial charge in [0.05, 0.1) is 25.7 Å². The summed E-state index contributed by atoms with van der Waals surface area (Å²) in [6.45, 7) is 17.1. The number of rotatable bonds is 7. The fourth-order valence-corrected chi connectivity index (χ4v) is 9.19. The maximum Gasteiger partial charge on any atom is 0.351 e. The number of carbonyl (C=O) groups excluding carboxylic acids is 4. The normalized spacial score (nSPS) is 40.1. The van der Waals surface area contributed by atoms with Gasteiger partial charge in [0.1, 0.15) is 17.8 Å². The summed E-state index contributed by atoms with van der Waals surface area (Å²) < 4.78 is 35.5. The number of hydrogen-bond acceptors (Lipinski definition) is 11. The van der Waals surface area contributed by atoms with E-state index in [1.807, 2.05) is 41.5 Å². The molecule has 3 heterocycles. The van der Waals surface area contributed by atoms with Crippen LogP contribution in [0.1, 0.15) is 85.8 Å². The molecule has 1 aromatic heterocycles. The minimum atomic E-state index is -1.64. The Morgan fingerprint density at radius 2 is 1.82 bits per heavy atom. The minimum Gasteiger partial charge on any atom is -0.472 e. The lowest BCUT2D eigenvalue weighted by molar-refractivity contribution is -0.355. The highest BCUT2D eigenvalue weighted by atomic mass is 16.6. The molecule has 1 aromatic rings. The van der Waals surface area contributed by atoms with Crippen LogP contribution in [-0.2, 0) is 42.9 Å². The van der Waals surface area contributed by atoms with Crippen molar-refractivity contribution in [3.63, 3.8) is 0 Å². The average molecular weight is 631 g/mol. The Morgan fingerprint density at radius 1 is 1.13 bits per heavy atom. The van der Waals surface area contributed by atoms with E-state index in [1.54, 1.807) is 6.07 Å². The topological polar surface area (TPSA) is 148 Å². The smallest absolute Gasteiger partial charge is 0.351 e. The third kappa shape index (κ3) is 4.75. The number of ether oxygens (including phenoxy) is 5. The SMILES string of the molecule is C=C1[C@@H]2CC[C@@]3(C)[C@H](c4ccoc4)OC(=O)[C@@H](OC(C)=O)[C@]13O[C@H]1[C@@H](OC(=O)CC(C)C)[C@@H](O)C(C)(C)[C@@H](CC(=O)OC)[C@]21C. The lowest BCUT2D eigenvalue weighted by Gasteiger charge is -2.72.